The zero-order valence-corrected chi connectivity index (χ0v) is 12.4. The minimum absolute atomic E-state index is 0.202. The largest absolute Gasteiger partial charge is 0.374 e. The van der Waals surface area contributed by atoms with E-state index in [1.807, 2.05) is 24.3 Å². The maximum absolute atomic E-state index is 14.1. The summed E-state index contributed by atoms with van der Waals surface area (Å²) in [6, 6.07) is 13.0. The van der Waals surface area contributed by atoms with E-state index in [1.165, 1.54) is 23.0 Å². The third-order valence-electron chi connectivity index (χ3n) is 3.78. The average Bonchev–Trinajstić information content (AvgIpc) is 3.13. The zero-order valence-electron chi connectivity index (χ0n) is 11.6. The van der Waals surface area contributed by atoms with Crippen molar-refractivity contribution in [1.82, 2.24) is 10.2 Å². The quantitative estimate of drug-likeness (QED) is 0.780. The Morgan fingerprint density at radius 3 is 2.68 bits per heavy atom. The molecule has 0 atom stereocenters. The number of hydrogen-bond acceptors (Lipinski definition) is 4. The molecule has 0 radical (unpaired) electrons. The Morgan fingerprint density at radius 1 is 1.05 bits per heavy atom. The van der Waals surface area contributed by atoms with Gasteiger partial charge in [0.05, 0.1) is 0 Å². The Morgan fingerprint density at radius 2 is 1.91 bits per heavy atom. The monoisotopic (exact) mass is 309 g/mol. The van der Waals surface area contributed by atoms with E-state index in [4.69, 9.17) is 5.73 Å². The molecule has 2 N–H and O–H groups in total. The van der Waals surface area contributed by atoms with Gasteiger partial charge in [-0.15, -0.1) is 10.2 Å². The molecule has 3 nitrogen and oxygen atoms in total. The predicted octanol–water partition coefficient (Wildman–Crippen LogP) is 3.91. The van der Waals surface area contributed by atoms with E-state index in [2.05, 4.69) is 22.3 Å². The molecule has 108 valence electrons. The van der Waals surface area contributed by atoms with Crippen LogP contribution in [0.1, 0.15) is 16.7 Å². The highest BCUT2D eigenvalue weighted by Crippen LogP contribution is 2.37. The number of fused-ring (bicyclic) bond motifs is 1. The normalized spacial score (nSPS) is 13.0. The van der Waals surface area contributed by atoms with Crippen molar-refractivity contribution in [3.63, 3.8) is 0 Å². The van der Waals surface area contributed by atoms with Crippen LogP contribution < -0.4 is 5.73 Å². The minimum atomic E-state index is -0.202. The first-order valence-corrected chi connectivity index (χ1v) is 7.72. The fourth-order valence-corrected chi connectivity index (χ4v) is 3.35. The van der Waals surface area contributed by atoms with Crippen molar-refractivity contribution in [2.24, 2.45) is 0 Å². The molecule has 0 aliphatic heterocycles. The third-order valence-corrected chi connectivity index (χ3v) is 4.58. The number of nitrogen functional groups attached to an aromatic ring is 1. The third kappa shape index (κ3) is 2.10. The number of nitrogens with zero attached hydrogens (tertiary/aromatic N) is 2. The Bertz CT molecular complexity index is 898. The van der Waals surface area contributed by atoms with Crippen LogP contribution in [0.4, 0.5) is 9.52 Å². The lowest BCUT2D eigenvalue weighted by molar-refractivity contribution is 0.624. The van der Waals surface area contributed by atoms with Gasteiger partial charge in [0.1, 0.15) is 10.8 Å². The number of allylic oxidation sites excluding steroid dienone is 1. The highest BCUT2D eigenvalue weighted by molar-refractivity contribution is 7.18. The lowest BCUT2D eigenvalue weighted by Gasteiger charge is -2.08. The van der Waals surface area contributed by atoms with Crippen molar-refractivity contribution in [2.45, 2.75) is 6.42 Å². The van der Waals surface area contributed by atoms with Crippen LogP contribution in [0.15, 0.2) is 48.5 Å². The Hall–Kier alpha value is -2.53. The second-order valence-electron chi connectivity index (χ2n) is 5.12. The first kappa shape index (κ1) is 13.2. The smallest absolute Gasteiger partial charge is 0.203 e. The van der Waals surface area contributed by atoms with Crippen LogP contribution in [-0.2, 0) is 6.42 Å². The number of halogens is 1. The molecule has 0 bridgehead atoms. The number of nitrogens with two attached hydrogens (primary N) is 1. The van der Waals surface area contributed by atoms with E-state index in [0.717, 1.165) is 28.1 Å². The van der Waals surface area contributed by atoms with Gasteiger partial charge in [0.25, 0.3) is 0 Å². The van der Waals surface area contributed by atoms with Crippen molar-refractivity contribution in [2.75, 3.05) is 5.73 Å². The summed E-state index contributed by atoms with van der Waals surface area (Å²) in [6.45, 7) is 0. The van der Waals surface area contributed by atoms with Gasteiger partial charge < -0.3 is 5.73 Å². The summed E-state index contributed by atoms with van der Waals surface area (Å²) in [5, 5.41) is 9.15. The molecule has 3 aromatic rings. The fraction of sp³-hybridized carbons (Fsp3) is 0.0588. The van der Waals surface area contributed by atoms with Crippen LogP contribution in [0.3, 0.4) is 0 Å². The summed E-state index contributed by atoms with van der Waals surface area (Å²) < 4.78 is 14.1. The first-order chi connectivity index (χ1) is 10.7. The van der Waals surface area contributed by atoms with Crippen molar-refractivity contribution in [3.8, 4) is 10.6 Å². The molecule has 1 heterocycles. The Kier molecular flexibility index (Phi) is 3.01. The summed E-state index contributed by atoms with van der Waals surface area (Å²) in [4.78, 5) is 0. The van der Waals surface area contributed by atoms with E-state index in [9.17, 15) is 4.39 Å². The molecule has 0 spiro atoms. The van der Waals surface area contributed by atoms with Crippen LogP contribution in [0.2, 0.25) is 0 Å². The summed E-state index contributed by atoms with van der Waals surface area (Å²) in [6.07, 6.45) is 2.89. The molecule has 1 aliphatic carbocycles. The van der Waals surface area contributed by atoms with Gasteiger partial charge in [-0.25, -0.2) is 4.39 Å². The lowest BCUT2D eigenvalue weighted by Crippen LogP contribution is -1.91. The summed E-state index contributed by atoms with van der Waals surface area (Å²) >= 11 is 1.35. The topological polar surface area (TPSA) is 51.8 Å². The molecule has 0 fully saturated rings. The van der Waals surface area contributed by atoms with Crippen LogP contribution >= 0.6 is 11.3 Å². The van der Waals surface area contributed by atoms with E-state index in [-0.39, 0.29) is 5.82 Å². The number of benzene rings is 2. The molecule has 2 aromatic carbocycles. The van der Waals surface area contributed by atoms with Gasteiger partial charge in [-0.2, -0.15) is 0 Å². The van der Waals surface area contributed by atoms with E-state index in [1.54, 1.807) is 6.07 Å². The highest BCUT2D eigenvalue weighted by atomic mass is 32.1. The summed E-state index contributed by atoms with van der Waals surface area (Å²) in [5.41, 5.74) is 10.4. The number of rotatable bonds is 2. The Balaban J connectivity index is 1.82. The molecule has 5 heteroatoms. The maximum atomic E-state index is 14.1. The number of anilines is 1. The SMILES string of the molecule is Nc1nnc(-c2ccc3c(c2)C(c2ccccc2F)=CC3)s1. The first-order valence-electron chi connectivity index (χ1n) is 6.90. The second-order valence-corrected chi connectivity index (χ2v) is 6.13. The van der Waals surface area contributed by atoms with Crippen molar-refractivity contribution >= 4 is 22.0 Å². The van der Waals surface area contributed by atoms with Gasteiger partial charge >= 0.3 is 0 Å². The molecule has 0 saturated carbocycles. The van der Waals surface area contributed by atoms with Crippen LogP contribution in [0, 0.1) is 5.82 Å². The maximum Gasteiger partial charge on any atom is 0.203 e. The number of aromatic nitrogens is 2. The van der Waals surface area contributed by atoms with E-state index >= 15 is 0 Å². The van der Waals surface area contributed by atoms with Crippen LogP contribution in [0.5, 0.6) is 0 Å². The highest BCUT2D eigenvalue weighted by Gasteiger charge is 2.19. The fourth-order valence-electron chi connectivity index (χ4n) is 2.75. The molecule has 4 rings (SSSR count). The number of hydrogen-bond donors (Lipinski definition) is 1. The van der Waals surface area contributed by atoms with Gasteiger partial charge in [-0.1, -0.05) is 47.7 Å². The lowest BCUT2D eigenvalue weighted by atomic mass is 9.97. The summed E-state index contributed by atoms with van der Waals surface area (Å²) in [5.74, 6) is -0.202. The van der Waals surface area contributed by atoms with E-state index < -0.39 is 0 Å². The minimum Gasteiger partial charge on any atom is -0.374 e. The second kappa shape index (κ2) is 5.03. The summed E-state index contributed by atoms with van der Waals surface area (Å²) in [7, 11) is 0. The van der Waals surface area contributed by atoms with Crippen molar-refractivity contribution < 1.29 is 4.39 Å². The van der Waals surface area contributed by atoms with Gasteiger partial charge in [-0.3, -0.25) is 0 Å². The molecular weight excluding hydrogens is 297 g/mol. The van der Waals surface area contributed by atoms with Gasteiger partial charge in [0.15, 0.2) is 0 Å². The van der Waals surface area contributed by atoms with Crippen molar-refractivity contribution in [3.05, 3.63) is 71.0 Å². The van der Waals surface area contributed by atoms with Crippen LogP contribution in [0.25, 0.3) is 16.1 Å². The zero-order chi connectivity index (χ0) is 15.1. The molecule has 0 amide bonds. The van der Waals surface area contributed by atoms with Gasteiger partial charge in [-0.05, 0) is 35.3 Å². The molecule has 0 saturated heterocycles. The molecule has 0 unspecified atom stereocenters. The molecule has 22 heavy (non-hydrogen) atoms. The Labute approximate surface area is 130 Å². The van der Waals surface area contributed by atoms with Crippen LogP contribution in [-0.4, -0.2) is 10.2 Å². The molecule has 1 aromatic heterocycles. The predicted molar refractivity (Wildman–Crippen MR) is 86.9 cm³/mol. The molecule has 1 aliphatic rings. The molecular formula is C17H12FN3S. The average molecular weight is 309 g/mol. The van der Waals surface area contributed by atoms with E-state index in [0.29, 0.717) is 10.7 Å². The standard InChI is InChI=1S/C17H12FN3S/c18-15-4-2-1-3-13(15)12-8-7-10-5-6-11(9-14(10)12)16-20-21-17(19)22-16/h1-6,8-9H,7H2,(H2,19,21). The van der Waals surface area contributed by atoms with Gasteiger partial charge in [0.2, 0.25) is 5.13 Å². The van der Waals surface area contributed by atoms with Crippen molar-refractivity contribution in [1.29, 1.82) is 0 Å². The van der Waals surface area contributed by atoms with Gasteiger partial charge in [0, 0.05) is 11.1 Å².